The highest BCUT2D eigenvalue weighted by molar-refractivity contribution is 7.47. The minimum atomic E-state index is -4.73. The summed E-state index contributed by atoms with van der Waals surface area (Å²) in [6, 6.07) is -1.53. The first kappa shape index (κ1) is 50.2. The van der Waals surface area contributed by atoms with Crippen molar-refractivity contribution >= 4 is 25.7 Å². The van der Waals surface area contributed by atoms with E-state index in [9.17, 15) is 23.8 Å². The van der Waals surface area contributed by atoms with Crippen molar-refractivity contribution in [2.45, 2.75) is 161 Å². The van der Waals surface area contributed by atoms with Crippen molar-refractivity contribution in [1.82, 2.24) is 0 Å². The van der Waals surface area contributed by atoms with Crippen LogP contribution in [0.3, 0.4) is 0 Å². The zero-order valence-corrected chi connectivity index (χ0v) is 33.5. The quantitative estimate of drug-likeness (QED) is 0.0240. The maximum absolute atomic E-state index is 12.5. The summed E-state index contributed by atoms with van der Waals surface area (Å²) in [6.45, 7) is 2.58. The molecule has 0 saturated carbocycles. The van der Waals surface area contributed by atoms with Gasteiger partial charge >= 0.3 is 25.7 Å². The van der Waals surface area contributed by atoms with Gasteiger partial charge in [-0.1, -0.05) is 132 Å². The molecule has 0 saturated heterocycles. The van der Waals surface area contributed by atoms with Crippen LogP contribution in [-0.4, -0.2) is 59.9 Å². The van der Waals surface area contributed by atoms with Crippen molar-refractivity contribution in [2.24, 2.45) is 5.73 Å². The monoisotopic (exact) mass is 767 g/mol. The van der Waals surface area contributed by atoms with E-state index in [4.69, 9.17) is 24.8 Å². The van der Waals surface area contributed by atoms with Crippen LogP contribution >= 0.6 is 7.82 Å². The minimum absolute atomic E-state index is 0.0496. The van der Waals surface area contributed by atoms with E-state index in [1.165, 1.54) is 38.5 Å². The lowest BCUT2D eigenvalue weighted by atomic mass is 10.1. The number of rotatable bonds is 36. The summed E-state index contributed by atoms with van der Waals surface area (Å²) in [4.78, 5) is 45.8. The van der Waals surface area contributed by atoms with Gasteiger partial charge in [-0.3, -0.25) is 23.4 Å². The van der Waals surface area contributed by atoms with Crippen molar-refractivity contribution in [3.05, 3.63) is 60.8 Å². The highest BCUT2D eigenvalue weighted by Gasteiger charge is 2.28. The number of hydrogen-bond donors (Lipinski definition) is 3. The Hall–Kier alpha value is -2.82. The van der Waals surface area contributed by atoms with Gasteiger partial charge in [0.05, 0.1) is 13.2 Å². The molecule has 0 bridgehead atoms. The molecule has 53 heavy (non-hydrogen) atoms. The fraction of sp³-hybridized carbons (Fsp3) is 0.683. The Morgan fingerprint density at radius 3 is 1.66 bits per heavy atom. The maximum atomic E-state index is 12.5. The summed E-state index contributed by atoms with van der Waals surface area (Å²) in [5.74, 6) is -2.49. The molecule has 304 valence electrons. The van der Waals surface area contributed by atoms with Crippen LogP contribution in [-0.2, 0) is 37.5 Å². The number of allylic oxidation sites excluding steroid dienone is 10. The Labute approximate surface area is 319 Å². The molecule has 0 radical (unpaired) electrons. The van der Waals surface area contributed by atoms with Crippen LogP contribution in [0.5, 0.6) is 0 Å². The number of nitrogens with two attached hydrogens (primary N) is 1. The van der Waals surface area contributed by atoms with E-state index in [0.29, 0.717) is 12.8 Å². The second-order valence-electron chi connectivity index (χ2n) is 13.0. The first-order valence-corrected chi connectivity index (χ1v) is 21.3. The topological polar surface area (TPSA) is 172 Å². The average Bonchev–Trinajstić information content (AvgIpc) is 3.13. The third-order valence-corrected chi connectivity index (χ3v) is 8.96. The van der Waals surface area contributed by atoms with E-state index in [2.05, 4.69) is 67.0 Å². The van der Waals surface area contributed by atoms with Crippen molar-refractivity contribution in [3.8, 4) is 0 Å². The number of ether oxygens (including phenoxy) is 2. The highest BCUT2D eigenvalue weighted by Crippen LogP contribution is 2.43. The number of phosphoric acid groups is 1. The van der Waals surface area contributed by atoms with Crippen molar-refractivity contribution in [2.75, 3.05) is 19.8 Å². The Kier molecular flexibility index (Phi) is 34.2. The minimum Gasteiger partial charge on any atom is -0.480 e. The number of hydrogen-bond acceptors (Lipinski definition) is 9. The van der Waals surface area contributed by atoms with Crippen LogP contribution in [0.1, 0.15) is 149 Å². The molecule has 0 aromatic rings. The molecule has 0 rings (SSSR count). The summed E-state index contributed by atoms with van der Waals surface area (Å²) in [5.41, 5.74) is 5.31. The van der Waals surface area contributed by atoms with Crippen LogP contribution in [0.4, 0.5) is 0 Å². The van der Waals surface area contributed by atoms with Gasteiger partial charge in [0.1, 0.15) is 12.6 Å². The third-order valence-electron chi connectivity index (χ3n) is 8.01. The zero-order chi connectivity index (χ0) is 39.3. The first-order valence-electron chi connectivity index (χ1n) is 19.8. The smallest absolute Gasteiger partial charge is 0.472 e. The number of carbonyl (C=O) groups excluding carboxylic acids is 2. The van der Waals surface area contributed by atoms with Gasteiger partial charge in [0.25, 0.3) is 0 Å². The van der Waals surface area contributed by atoms with Gasteiger partial charge in [0.2, 0.25) is 0 Å². The Bertz CT molecular complexity index is 1130. The first-order chi connectivity index (χ1) is 25.6. The van der Waals surface area contributed by atoms with Crippen LogP contribution < -0.4 is 5.73 Å². The van der Waals surface area contributed by atoms with Gasteiger partial charge in [0, 0.05) is 12.8 Å². The van der Waals surface area contributed by atoms with Gasteiger partial charge < -0.3 is 25.2 Å². The van der Waals surface area contributed by atoms with E-state index < -0.39 is 51.1 Å². The Balaban J connectivity index is 4.51. The molecule has 4 N–H and O–H groups in total. The average molecular weight is 768 g/mol. The predicted molar refractivity (Wildman–Crippen MR) is 212 cm³/mol. The molecule has 0 amide bonds. The van der Waals surface area contributed by atoms with Crippen LogP contribution in [0.2, 0.25) is 0 Å². The van der Waals surface area contributed by atoms with E-state index in [0.717, 1.165) is 70.6 Å². The number of carboxylic acids is 1. The molecular formula is C41H70NO10P. The number of unbranched alkanes of at least 4 members (excludes halogenated alkanes) is 12. The number of phosphoric ester groups is 1. The van der Waals surface area contributed by atoms with Gasteiger partial charge in [-0.2, -0.15) is 0 Å². The van der Waals surface area contributed by atoms with Gasteiger partial charge in [-0.15, -0.1) is 0 Å². The molecule has 0 heterocycles. The van der Waals surface area contributed by atoms with E-state index >= 15 is 0 Å². The molecule has 0 aromatic heterocycles. The SMILES string of the molecule is CC/C=C/C/C=C/C/C=C/CCCCCCCCC(=O)OCC(COP(=O)(O)OC[C@H](N)C(=O)O)OC(=O)CC/C=C/C/C=C/CCCCCCCC. The fourth-order valence-electron chi connectivity index (χ4n) is 4.90. The lowest BCUT2D eigenvalue weighted by molar-refractivity contribution is -0.161. The molecule has 0 aromatic carbocycles. The summed E-state index contributed by atoms with van der Waals surface area (Å²) in [6.07, 6.45) is 40.2. The molecule has 11 nitrogen and oxygen atoms in total. The molecule has 0 fully saturated rings. The van der Waals surface area contributed by atoms with Gasteiger partial charge in [0.15, 0.2) is 6.10 Å². The number of aliphatic carboxylic acids is 1. The largest absolute Gasteiger partial charge is 0.480 e. The lowest BCUT2D eigenvalue weighted by Crippen LogP contribution is -2.34. The van der Waals surface area contributed by atoms with Crippen molar-refractivity contribution in [3.63, 3.8) is 0 Å². The number of carboxylic acid groups (broad SMARTS) is 1. The molecule has 0 aliphatic heterocycles. The molecule has 2 unspecified atom stereocenters. The van der Waals surface area contributed by atoms with Crippen LogP contribution in [0.25, 0.3) is 0 Å². The second kappa shape index (κ2) is 36.2. The van der Waals surface area contributed by atoms with Crippen LogP contribution in [0.15, 0.2) is 60.8 Å². The zero-order valence-electron chi connectivity index (χ0n) is 32.6. The third kappa shape index (κ3) is 36.0. The molecule has 3 atom stereocenters. The summed E-state index contributed by atoms with van der Waals surface area (Å²) in [7, 11) is -4.73. The fourth-order valence-corrected chi connectivity index (χ4v) is 5.67. The van der Waals surface area contributed by atoms with Gasteiger partial charge in [-0.25, -0.2) is 4.57 Å². The lowest BCUT2D eigenvalue weighted by Gasteiger charge is -2.20. The van der Waals surface area contributed by atoms with E-state index in [1.807, 2.05) is 12.2 Å². The second-order valence-corrected chi connectivity index (χ2v) is 14.5. The number of esters is 2. The molecule has 0 aliphatic rings. The normalized spacial score (nSPS) is 14.5. The molecule has 0 spiro atoms. The summed E-state index contributed by atoms with van der Waals surface area (Å²) in [5, 5.41) is 8.86. The predicted octanol–water partition coefficient (Wildman–Crippen LogP) is 10.00. The Morgan fingerprint density at radius 2 is 1.09 bits per heavy atom. The van der Waals surface area contributed by atoms with E-state index in [-0.39, 0.29) is 19.4 Å². The molecule has 12 heteroatoms. The van der Waals surface area contributed by atoms with Crippen molar-refractivity contribution in [1.29, 1.82) is 0 Å². The Morgan fingerprint density at radius 1 is 0.604 bits per heavy atom. The summed E-state index contributed by atoms with van der Waals surface area (Å²) < 4.78 is 32.5. The summed E-state index contributed by atoms with van der Waals surface area (Å²) >= 11 is 0. The number of carbonyl (C=O) groups is 3. The molecular weight excluding hydrogens is 697 g/mol. The maximum Gasteiger partial charge on any atom is 0.472 e. The standard InChI is InChI=1S/C41H70NO10P/c1-3-5-7-9-11-13-15-17-18-19-21-22-24-26-28-30-32-39(43)49-34-37(35-50-53(47,48)51-36-38(42)41(45)46)52-40(44)33-31-29-27-25-23-20-16-14-12-10-8-6-4-2/h5,7,11,13,17-18,20,23,27,29,37-38H,3-4,6,8-10,12,14-16,19,21-22,24-26,28,30-36,42H2,1-2H3,(H,45,46)(H,47,48)/b7-5+,13-11+,18-17+,23-20+,29-27+/t37?,38-/m0/s1. The van der Waals surface area contributed by atoms with E-state index in [1.54, 1.807) is 0 Å². The molecule has 0 aliphatic carbocycles. The van der Waals surface area contributed by atoms with Gasteiger partial charge in [-0.05, 0) is 64.2 Å². The van der Waals surface area contributed by atoms with Crippen LogP contribution in [0, 0.1) is 0 Å². The highest BCUT2D eigenvalue weighted by atomic mass is 31.2. The van der Waals surface area contributed by atoms with Crippen molar-refractivity contribution < 1.29 is 47.5 Å².